The molecule has 0 spiro atoms. The average Bonchev–Trinajstić information content (AvgIpc) is 3.29. The lowest BCUT2D eigenvalue weighted by Gasteiger charge is -2.22. The highest BCUT2D eigenvalue weighted by atomic mass is 35.5. The van der Waals surface area contributed by atoms with E-state index in [1.54, 1.807) is 17.8 Å². The van der Waals surface area contributed by atoms with E-state index in [1.165, 1.54) is 25.4 Å². The molecule has 194 valence electrons. The topological polar surface area (TPSA) is 129 Å². The molecule has 1 N–H and O–H groups in total. The van der Waals surface area contributed by atoms with Crippen molar-refractivity contribution in [3.8, 4) is 22.8 Å². The lowest BCUT2D eigenvalue weighted by Crippen LogP contribution is -2.34. The fourth-order valence-corrected chi connectivity index (χ4v) is 4.00. The molecule has 0 saturated heterocycles. The van der Waals surface area contributed by atoms with Crippen LogP contribution in [0.4, 0.5) is 17.3 Å². The van der Waals surface area contributed by atoms with Gasteiger partial charge in [0.1, 0.15) is 11.9 Å². The first kappa shape index (κ1) is 26.1. The van der Waals surface area contributed by atoms with Gasteiger partial charge in [-0.2, -0.15) is 5.10 Å². The van der Waals surface area contributed by atoms with E-state index >= 15 is 0 Å². The van der Waals surface area contributed by atoms with E-state index in [-0.39, 0.29) is 29.7 Å². The maximum Gasteiger partial charge on any atom is 0.313 e. The molecule has 3 heterocycles. The number of hydrogen-bond acceptors (Lipinski definition) is 10. The zero-order valence-corrected chi connectivity index (χ0v) is 21.5. The number of nitro groups is 1. The van der Waals surface area contributed by atoms with Crippen LogP contribution in [-0.4, -0.2) is 77.0 Å². The molecule has 1 unspecified atom stereocenters. The normalized spacial score (nSPS) is 12.1. The Bertz CT molecular complexity index is 1410. The number of hydrogen-bond donors (Lipinski definition) is 1. The van der Waals surface area contributed by atoms with Gasteiger partial charge in [0.25, 0.3) is 0 Å². The zero-order chi connectivity index (χ0) is 26.5. The van der Waals surface area contributed by atoms with Crippen LogP contribution in [0.5, 0.6) is 11.5 Å². The molecule has 37 heavy (non-hydrogen) atoms. The molecule has 0 amide bonds. The lowest BCUT2D eigenvalue weighted by atomic mass is 10.2. The Kier molecular flexibility index (Phi) is 8.01. The Labute approximate surface area is 217 Å². The van der Waals surface area contributed by atoms with Crippen LogP contribution in [-0.2, 0) is 4.74 Å². The van der Waals surface area contributed by atoms with Gasteiger partial charge in [0.2, 0.25) is 11.7 Å². The van der Waals surface area contributed by atoms with Crippen molar-refractivity contribution in [1.29, 1.82) is 0 Å². The van der Waals surface area contributed by atoms with Gasteiger partial charge in [-0.05, 0) is 26.2 Å². The second-order valence-corrected chi connectivity index (χ2v) is 8.75. The fraction of sp³-hybridized carbons (Fsp3) is 0.292. The highest BCUT2D eigenvalue weighted by Crippen LogP contribution is 2.40. The number of methoxy groups -OCH3 is 2. The van der Waals surface area contributed by atoms with Gasteiger partial charge in [-0.25, -0.2) is 14.5 Å². The summed E-state index contributed by atoms with van der Waals surface area (Å²) in [5, 5.41) is 19.6. The molecular formula is C24H26ClN7O5. The van der Waals surface area contributed by atoms with Gasteiger partial charge in [-0.1, -0.05) is 17.7 Å². The molecule has 0 fully saturated rings. The van der Waals surface area contributed by atoms with E-state index in [0.29, 0.717) is 28.6 Å². The highest BCUT2D eigenvalue weighted by molar-refractivity contribution is 6.33. The number of aromatic nitrogens is 4. The first-order valence-corrected chi connectivity index (χ1v) is 11.6. The van der Waals surface area contributed by atoms with Crippen LogP contribution in [0.2, 0.25) is 5.02 Å². The number of benzene rings is 1. The third kappa shape index (κ3) is 5.88. The van der Waals surface area contributed by atoms with Gasteiger partial charge >= 0.3 is 5.69 Å². The predicted octanol–water partition coefficient (Wildman–Crippen LogP) is 4.06. The van der Waals surface area contributed by atoms with E-state index in [1.807, 2.05) is 43.4 Å². The standard InChI is InChI=1S/C24H26ClN7O5/c1-30(2)13-15(14-35-3)37-22-10-21(36-4)18(9-20(22)32(33)34)28-24-26-12-17(25)23(29-24)16-11-27-31-8-6-5-7-19(16)31/h5-12,15H,13-14H2,1-4H3,(H,26,28,29). The van der Waals surface area contributed by atoms with Gasteiger partial charge in [0.15, 0.2) is 0 Å². The molecule has 0 aliphatic heterocycles. The summed E-state index contributed by atoms with van der Waals surface area (Å²) in [5.74, 6) is 0.527. The first-order valence-electron chi connectivity index (χ1n) is 11.2. The summed E-state index contributed by atoms with van der Waals surface area (Å²) >= 11 is 6.41. The Balaban J connectivity index is 1.69. The smallest absolute Gasteiger partial charge is 0.313 e. The summed E-state index contributed by atoms with van der Waals surface area (Å²) in [6.07, 6.45) is 4.49. The Morgan fingerprint density at radius 1 is 1.22 bits per heavy atom. The number of halogens is 1. The van der Waals surface area contributed by atoms with Gasteiger partial charge in [0.05, 0.1) is 53.0 Å². The molecule has 13 heteroatoms. The van der Waals surface area contributed by atoms with Crippen molar-refractivity contribution >= 4 is 34.4 Å². The fourth-order valence-electron chi connectivity index (χ4n) is 3.80. The third-order valence-corrected chi connectivity index (χ3v) is 5.64. The minimum absolute atomic E-state index is 0.0559. The average molecular weight is 528 g/mol. The number of fused-ring (bicyclic) bond motifs is 1. The number of nitrogens with one attached hydrogen (secondary N) is 1. The van der Waals surface area contributed by atoms with Gasteiger partial charge in [0, 0.05) is 37.5 Å². The van der Waals surface area contributed by atoms with Crippen LogP contribution >= 0.6 is 11.6 Å². The van der Waals surface area contributed by atoms with Gasteiger partial charge < -0.3 is 24.4 Å². The molecule has 0 aliphatic rings. The number of ether oxygens (including phenoxy) is 3. The summed E-state index contributed by atoms with van der Waals surface area (Å²) in [6.45, 7) is 0.751. The number of likely N-dealkylation sites (N-methyl/N-ethyl adjacent to an activating group) is 1. The molecule has 12 nitrogen and oxygen atoms in total. The largest absolute Gasteiger partial charge is 0.494 e. The summed E-state index contributed by atoms with van der Waals surface area (Å²) in [4.78, 5) is 22.1. The first-order chi connectivity index (χ1) is 17.8. The maximum absolute atomic E-state index is 11.9. The minimum Gasteiger partial charge on any atom is -0.494 e. The van der Waals surface area contributed by atoms with E-state index < -0.39 is 11.0 Å². The molecule has 0 aliphatic carbocycles. The van der Waals surface area contributed by atoms with E-state index in [9.17, 15) is 10.1 Å². The summed E-state index contributed by atoms with van der Waals surface area (Å²) in [5.41, 5.74) is 2.01. The van der Waals surface area contributed by atoms with Gasteiger partial charge in [-0.15, -0.1) is 0 Å². The molecule has 0 saturated carbocycles. The number of rotatable bonds is 11. The number of anilines is 2. The molecule has 4 rings (SSSR count). The number of nitro benzene ring substituents is 1. The highest BCUT2D eigenvalue weighted by Gasteiger charge is 2.24. The van der Waals surface area contributed by atoms with Crippen LogP contribution < -0.4 is 14.8 Å². The van der Waals surface area contributed by atoms with Crippen molar-refractivity contribution in [1.82, 2.24) is 24.5 Å². The third-order valence-electron chi connectivity index (χ3n) is 5.36. The van der Waals surface area contributed by atoms with Crippen LogP contribution in [0.25, 0.3) is 16.8 Å². The summed E-state index contributed by atoms with van der Waals surface area (Å²) in [6, 6.07) is 8.43. The van der Waals surface area contributed by atoms with E-state index in [2.05, 4.69) is 20.4 Å². The summed E-state index contributed by atoms with van der Waals surface area (Å²) in [7, 11) is 6.75. The van der Waals surface area contributed by atoms with Crippen LogP contribution in [0, 0.1) is 10.1 Å². The molecule has 4 aromatic rings. The van der Waals surface area contributed by atoms with Crippen molar-refractivity contribution in [2.45, 2.75) is 6.10 Å². The van der Waals surface area contributed by atoms with Crippen molar-refractivity contribution in [3.63, 3.8) is 0 Å². The van der Waals surface area contributed by atoms with Crippen molar-refractivity contribution in [2.24, 2.45) is 0 Å². The Hall–Kier alpha value is -4.00. The predicted molar refractivity (Wildman–Crippen MR) is 139 cm³/mol. The summed E-state index contributed by atoms with van der Waals surface area (Å²) < 4.78 is 18.4. The number of nitrogens with zero attached hydrogens (tertiary/aromatic N) is 6. The molecule has 1 atom stereocenters. The van der Waals surface area contributed by atoms with Crippen LogP contribution in [0.15, 0.2) is 48.9 Å². The monoisotopic (exact) mass is 527 g/mol. The van der Waals surface area contributed by atoms with Crippen LogP contribution in [0.1, 0.15) is 0 Å². The van der Waals surface area contributed by atoms with E-state index in [4.69, 9.17) is 25.8 Å². The van der Waals surface area contributed by atoms with Gasteiger partial charge in [-0.3, -0.25) is 10.1 Å². The Morgan fingerprint density at radius 3 is 2.73 bits per heavy atom. The van der Waals surface area contributed by atoms with Crippen molar-refractivity contribution in [3.05, 3.63) is 64.1 Å². The minimum atomic E-state index is -0.521. The molecule has 0 bridgehead atoms. The van der Waals surface area contributed by atoms with Crippen molar-refractivity contribution in [2.75, 3.05) is 46.8 Å². The quantitative estimate of drug-likeness (QED) is 0.225. The molecular weight excluding hydrogens is 502 g/mol. The zero-order valence-electron chi connectivity index (χ0n) is 20.7. The van der Waals surface area contributed by atoms with Crippen LogP contribution in [0.3, 0.4) is 0 Å². The van der Waals surface area contributed by atoms with Crippen molar-refractivity contribution < 1.29 is 19.1 Å². The second kappa shape index (κ2) is 11.4. The maximum atomic E-state index is 11.9. The molecule has 3 aromatic heterocycles. The molecule has 1 aromatic carbocycles. The lowest BCUT2D eigenvalue weighted by molar-refractivity contribution is -0.386. The SMILES string of the molecule is COCC(CN(C)C)Oc1cc(OC)c(Nc2ncc(Cl)c(-c3cnn4ccccc34)n2)cc1[N+](=O)[O-]. The van der Waals surface area contributed by atoms with E-state index in [0.717, 1.165) is 5.52 Å². The Morgan fingerprint density at radius 2 is 2.03 bits per heavy atom. The second-order valence-electron chi connectivity index (χ2n) is 8.34. The molecule has 0 radical (unpaired) electrons. The number of pyridine rings is 1.